The van der Waals surface area contributed by atoms with Crippen LogP contribution in [-0.4, -0.2) is 74.4 Å². The van der Waals surface area contributed by atoms with Crippen molar-refractivity contribution in [2.45, 2.75) is 71.5 Å². The Morgan fingerprint density at radius 2 is 1.89 bits per heavy atom. The molecule has 3 heterocycles. The normalized spacial score (nSPS) is 17.9. The summed E-state index contributed by atoms with van der Waals surface area (Å²) in [5.41, 5.74) is 4.00. The number of aryl methyl sites for hydroxylation is 2. The van der Waals surface area contributed by atoms with E-state index in [4.69, 9.17) is 4.74 Å². The first-order chi connectivity index (χ1) is 17.6. The molecule has 1 aromatic carbocycles. The summed E-state index contributed by atoms with van der Waals surface area (Å²) < 4.78 is 7.54. The number of morpholine rings is 1. The van der Waals surface area contributed by atoms with E-state index in [1.54, 1.807) is 0 Å². The Kier molecular flexibility index (Phi) is 8.09. The zero-order valence-corrected chi connectivity index (χ0v) is 21.7. The number of nitrogens with zero attached hydrogens (tertiary/aromatic N) is 6. The second kappa shape index (κ2) is 11.6. The lowest BCUT2D eigenvalue weighted by Gasteiger charge is -2.28. The van der Waals surface area contributed by atoms with E-state index in [-0.39, 0.29) is 5.56 Å². The van der Waals surface area contributed by atoms with E-state index in [0.717, 1.165) is 86.5 Å². The van der Waals surface area contributed by atoms with Gasteiger partial charge in [-0.25, -0.2) is 4.68 Å². The van der Waals surface area contributed by atoms with Crippen LogP contribution < -0.4 is 5.56 Å². The highest BCUT2D eigenvalue weighted by molar-refractivity contribution is 5.82. The van der Waals surface area contributed by atoms with Crippen LogP contribution in [0.3, 0.4) is 0 Å². The molecule has 1 N–H and O–H groups in total. The molecule has 9 nitrogen and oxygen atoms in total. The summed E-state index contributed by atoms with van der Waals surface area (Å²) >= 11 is 0. The zero-order chi connectivity index (χ0) is 24.9. The Bertz CT molecular complexity index is 1210. The molecule has 0 amide bonds. The molecule has 0 spiro atoms. The Morgan fingerprint density at radius 3 is 2.69 bits per heavy atom. The van der Waals surface area contributed by atoms with E-state index in [1.165, 1.54) is 24.8 Å². The standard InChI is InChI=1S/C27H39N7O2/c1-20-15-21(2)26-22(16-20)17-23(27(35)28-26)18-33(10-6-9-32-11-13-36-14-12-32)19-25-29-30-31-34(25)24-7-4-3-5-8-24/h15-17,24H,3-14,18-19H2,1-2H3,(H,28,35). The van der Waals surface area contributed by atoms with Crippen molar-refractivity contribution in [1.29, 1.82) is 0 Å². The first-order valence-corrected chi connectivity index (χ1v) is 13.5. The van der Waals surface area contributed by atoms with Crippen LogP contribution in [0.4, 0.5) is 0 Å². The van der Waals surface area contributed by atoms with Gasteiger partial charge in [0.1, 0.15) is 0 Å². The largest absolute Gasteiger partial charge is 0.379 e. The van der Waals surface area contributed by atoms with Crippen LogP contribution in [0, 0.1) is 13.8 Å². The molecule has 2 aliphatic rings. The highest BCUT2D eigenvalue weighted by Gasteiger charge is 2.22. The third-order valence-corrected chi connectivity index (χ3v) is 7.66. The fourth-order valence-corrected chi connectivity index (χ4v) is 5.77. The summed E-state index contributed by atoms with van der Waals surface area (Å²) in [6.45, 7) is 10.9. The van der Waals surface area contributed by atoms with Crippen molar-refractivity contribution in [3.8, 4) is 0 Å². The lowest BCUT2D eigenvalue weighted by Crippen LogP contribution is -2.38. The molecule has 0 atom stereocenters. The van der Waals surface area contributed by atoms with Gasteiger partial charge in [0.2, 0.25) is 0 Å². The van der Waals surface area contributed by atoms with Gasteiger partial charge in [0, 0.05) is 31.7 Å². The molecule has 2 aromatic heterocycles. The lowest BCUT2D eigenvalue weighted by molar-refractivity contribution is 0.0358. The van der Waals surface area contributed by atoms with Gasteiger partial charge in [0.05, 0.1) is 31.3 Å². The monoisotopic (exact) mass is 493 g/mol. The van der Waals surface area contributed by atoms with E-state index in [9.17, 15) is 4.79 Å². The minimum Gasteiger partial charge on any atom is -0.379 e. The van der Waals surface area contributed by atoms with Crippen LogP contribution in [0.1, 0.15) is 67.1 Å². The van der Waals surface area contributed by atoms with Gasteiger partial charge < -0.3 is 9.72 Å². The van der Waals surface area contributed by atoms with E-state index in [0.29, 0.717) is 19.1 Å². The second-order valence-electron chi connectivity index (χ2n) is 10.5. The third-order valence-electron chi connectivity index (χ3n) is 7.66. The Hall–Kier alpha value is -2.62. The first-order valence-electron chi connectivity index (χ1n) is 13.5. The average molecular weight is 494 g/mol. The molecular formula is C27H39N7O2. The van der Waals surface area contributed by atoms with Crippen LogP contribution in [-0.2, 0) is 17.8 Å². The van der Waals surface area contributed by atoms with Gasteiger partial charge in [0.15, 0.2) is 5.82 Å². The van der Waals surface area contributed by atoms with Gasteiger partial charge in [-0.15, -0.1) is 5.10 Å². The van der Waals surface area contributed by atoms with Crippen LogP contribution in [0.5, 0.6) is 0 Å². The number of hydrogen-bond acceptors (Lipinski definition) is 7. The van der Waals surface area contributed by atoms with Crippen molar-refractivity contribution in [3.05, 3.63) is 51.1 Å². The summed E-state index contributed by atoms with van der Waals surface area (Å²) in [5, 5.41) is 13.9. The van der Waals surface area contributed by atoms with Gasteiger partial charge in [-0.2, -0.15) is 0 Å². The number of tetrazole rings is 1. The molecule has 9 heteroatoms. The van der Waals surface area contributed by atoms with E-state index >= 15 is 0 Å². The maximum Gasteiger partial charge on any atom is 0.252 e. The third kappa shape index (κ3) is 6.02. The highest BCUT2D eigenvalue weighted by atomic mass is 16.5. The van der Waals surface area contributed by atoms with Gasteiger partial charge >= 0.3 is 0 Å². The predicted molar refractivity (Wildman–Crippen MR) is 140 cm³/mol. The fourth-order valence-electron chi connectivity index (χ4n) is 5.77. The van der Waals surface area contributed by atoms with E-state index < -0.39 is 0 Å². The van der Waals surface area contributed by atoms with Crippen LogP contribution in [0.2, 0.25) is 0 Å². The smallest absolute Gasteiger partial charge is 0.252 e. The van der Waals surface area contributed by atoms with Crippen LogP contribution >= 0.6 is 0 Å². The number of ether oxygens (including phenoxy) is 1. The van der Waals surface area contributed by atoms with Crippen molar-refractivity contribution >= 4 is 10.9 Å². The summed E-state index contributed by atoms with van der Waals surface area (Å²) in [7, 11) is 0. The fraction of sp³-hybridized carbons (Fsp3) is 0.630. The zero-order valence-electron chi connectivity index (χ0n) is 21.7. The molecule has 0 bridgehead atoms. The summed E-state index contributed by atoms with van der Waals surface area (Å²) in [6.07, 6.45) is 7.06. The molecule has 1 saturated carbocycles. The number of benzene rings is 1. The Morgan fingerprint density at radius 1 is 1.08 bits per heavy atom. The van der Waals surface area contributed by atoms with Crippen LogP contribution in [0.15, 0.2) is 23.0 Å². The van der Waals surface area contributed by atoms with Gasteiger partial charge in [-0.1, -0.05) is 30.9 Å². The minimum absolute atomic E-state index is 0.0143. The van der Waals surface area contributed by atoms with E-state index in [2.05, 4.69) is 55.4 Å². The maximum atomic E-state index is 13.1. The molecule has 0 unspecified atom stereocenters. The molecule has 36 heavy (non-hydrogen) atoms. The summed E-state index contributed by atoms with van der Waals surface area (Å²) in [6, 6.07) is 6.71. The van der Waals surface area contributed by atoms with E-state index in [1.807, 2.05) is 11.6 Å². The minimum atomic E-state index is -0.0143. The predicted octanol–water partition coefficient (Wildman–Crippen LogP) is 3.36. The van der Waals surface area contributed by atoms with Gasteiger partial charge in [0.25, 0.3) is 5.56 Å². The average Bonchev–Trinajstić information content (AvgIpc) is 3.34. The maximum absolute atomic E-state index is 13.1. The lowest BCUT2D eigenvalue weighted by atomic mass is 9.95. The Balaban J connectivity index is 1.36. The number of rotatable bonds is 9. The van der Waals surface area contributed by atoms with Crippen LogP contribution in [0.25, 0.3) is 10.9 Å². The number of aromatic nitrogens is 5. The first kappa shape index (κ1) is 25.0. The number of aromatic amines is 1. The number of nitrogens with one attached hydrogen (secondary N) is 1. The molecular weight excluding hydrogens is 454 g/mol. The number of pyridine rings is 1. The molecule has 3 aromatic rings. The molecule has 0 radical (unpaired) electrons. The number of H-pyrrole nitrogens is 1. The van der Waals surface area contributed by atoms with Crippen molar-refractivity contribution in [2.24, 2.45) is 0 Å². The topological polar surface area (TPSA) is 92.2 Å². The summed E-state index contributed by atoms with van der Waals surface area (Å²) in [5.74, 6) is 0.900. The summed E-state index contributed by atoms with van der Waals surface area (Å²) in [4.78, 5) is 21.0. The molecule has 5 rings (SSSR count). The molecule has 194 valence electrons. The second-order valence-corrected chi connectivity index (χ2v) is 10.5. The quantitative estimate of drug-likeness (QED) is 0.489. The molecule has 1 aliphatic carbocycles. The SMILES string of the molecule is Cc1cc(C)c2[nH]c(=O)c(CN(CCCN3CCOCC3)Cc3nnnn3C3CCCCC3)cc2c1. The number of hydrogen-bond donors (Lipinski definition) is 1. The van der Waals surface area contributed by atoms with Crippen molar-refractivity contribution in [2.75, 3.05) is 39.4 Å². The highest BCUT2D eigenvalue weighted by Crippen LogP contribution is 2.28. The van der Waals surface area contributed by atoms with Crippen molar-refractivity contribution < 1.29 is 4.74 Å². The van der Waals surface area contributed by atoms with Gasteiger partial charge in [-0.3, -0.25) is 14.6 Å². The molecule has 2 fully saturated rings. The number of fused-ring (bicyclic) bond motifs is 1. The van der Waals surface area contributed by atoms with Crippen molar-refractivity contribution in [1.82, 2.24) is 35.0 Å². The van der Waals surface area contributed by atoms with Crippen molar-refractivity contribution in [3.63, 3.8) is 0 Å². The Labute approximate surface area is 212 Å². The molecule has 1 saturated heterocycles. The molecule has 1 aliphatic heterocycles. The van der Waals surface area contributed by atoms with Gasteiger partial charge in [-0.05, 0) is 73.2 Å².